The van der Waals surface area contributed by atoms with E-state index in [4.69, 9.17) is 21.1 Å². The summed E-state index contributed by atoms with van der Waals surface area (Å²) in [7, 11) is -0.887. The van der Waals surface area contributed by atoms with Crippen molar-refractivity contribution in [3.8, 4) is 11.5 Å². The van der Waals surface area contributed by atoms with E-state index in [0.29, 0.717) is 16.5 Å². The van der Waals surface area contributed by atoms with E-state index in [1.54, 1.807) is 37.3 Å². The average molecular weight is 440 g/mol. The summed E-state index contributed by atoms with van der Waals surface area (Å²) in [6, 6.07) is 11.6. The molecule has 2 aromatic rings. The van der Waals surface area contributed by atoms with Gasteiger partial charge in [0.2, 0.25) is 10.0 Å². The van der Waals surface area contributed by atoms with Gasteiger partial charge in [-0.05, 0) is 36.8 Å². The number of carbonyl (C=O) groups excluding carboxylic acids is 1. The first-order chi connectivity index (χ1) is 13.7. The molecule has 2 aromatic carbocycles. The lowest BCUT2D eigenvalue weighted by atomic mass is 10.1. The highest BCUT2D eigenvalue weighted by Gasteiger charge is 2.24. The molecule has 0 atom stereocenters. The molecular formula is C19H22ClN3O5S. The van der Waals surface area contributed by atoms with Crippen LogP contribution in [-0.2, 0) is 14.8 Å². The van der Waals surface area contributed by atoms with Gasteiger partial charge >= 0.3 is 0 Å². The van der Waals surface area contributed by atoms with Gasteiger partial charge in [-0.3, -0.25) is 9.10 Å². The molecule has 2 rings (SSSR count). The van der Waals surface area contributed by atoms with Crippen LogP contribution in [0.1, 0.15) is 12.5 Å². The van der Waals surface area contributed by atoms with E-state index >= 15 is 0 Å². The zero-order valence-corrected chi connectivity index (χ0v) is 18.0. The monoisotopic (exact) mass is 439 g/mol. The third kappa shape index (κ3) is 6.10. The van der Waals surface area contributed by atoms with Crippen molar-refractivity contribution < 1.29 is 22.7 Å². The van der Waals surface area contributed by atoms with Crippen LogP contribution in [-0.4, -0.2) is 47.1 Å². The van der Waals surface area contributed by atoms with Gasteiger partial charge in [0.1, 0.15) is 18.0 Å². The van der Waals surface area contributed by atoms with Gasteiger partial charge in [0.25, 0.3) is 5.91 Å². The number of hydrogen-bond acceptors (Lipinski definition) is 6. The first-order valence-corrected chi connectivity index (χ1v) is 10.7. The molecule has 0 unspecified atom stereocenters. The topological polar surface area (TPSA) is 97.3 Å². The number of benzene rings is 2. The number of anilines is 1. The van der Waals surface area contributed by atoms with Crippen molar-refractivity contribution in [3.63, 3.8) is 0 Å². The fourth-order valence-electron chi connectivity index (χ4n) is 2.44. The van der Waals surface area contributed by atoms with E-state index in [-0.39, 0.29) is 11.4 Å². The lowest BCUT2D eigenvalue weighted by Gasteiger charge is -2.23. The zero-order chi connectivity index (χ0) is 21.6. The first-order valence-electron chi connectivity index (χ1n) is 8.44. The Hall–Kier alpha value is -2.78. The molecule has 0 aliphatic rings. The molecule has 0 spiro atoms. The Balaban J connectivity index is 2.22. The summed E-state index contributed by atoms with van der Waals surface area (Å²) in [5.74, 6) is 0.136. The van der Waals surface area contributed by atoms with Gasteiger partial charge < -0.3 is 9.47 Å². The number of carbonyl (C=O) groups is 1. The van der Waals surface area contributed by atoms with Crippen molar-refractivity contribution in [2.45, 2.75) is 6.92 Å². The largest absolute Gasteiger partial charge is 0.497 e. The van der Waals surface area contributed by atoms with Crippen LogP contribution >= 0.6 is 11.6 Å². The number of nitrogens with one attached hydrogen (secondary N) is 1. The molecule has 0 saturated heterocycles. The van der Waals surface area contributed by atoms with Gasteiger partial charge in [-0.15, -0.1) is 0 Å². The van der Waals surface area contributed by atoms with Crippen LogP contribution in [0.25, 0.3) is 0 Å². The minimum absolute atomic E-state index is 0.212. The van der Waals surface area contributed by atoms with Crippen LogP contribution in [0.2, 0.25) is 5.02 Å². The van der Waals surface area contributed by atoms with Crippen molar-refractivity contribution in [1.82, 2.24) is 5.43 Å². The summed E-state index contributed by atoms with van der Waals surface area (Å²) in [6.45, 7) is 1.24. The number of amides is 1. The van der Waals surface area contributed by atoms with Crippen molar-refractivity contribution >= 4 is 38.9 Å². The Labute approximate surface area is 175 Å². The van der Waals surface area contributed by atoms with Crippen LogP contribution in [0.3, 0.4) is 0 Å². The van der Waals surface area contributed by atoms with Crippen molar-refractivity contribution in [1.29, 1.82) is 0 Å². The van der Waals surface area contributed by atoms with E-state index in [1.807, 2.05) is 0 Å². The molecule has 0 aromatic heterocycles. The summed E-state index contributed by atoms with van der Waals surface area (Å²) >= 11 is 5.86. The number of ether oxygens (including phenoxy) is 2. The maximum atomic E-state index is 12.4. The van der Waals surface area contributed by atoms with E-state index in [1.165, 1.54) is 26.4 Å². The van der Waals surface area contributed by atoms with E-state index in [9.17, 15) is 13.2 Å². The molecule has 8 nitrogen and oxygen atoms in total. The van der Waals surface area contributed by atoms with Crippen molar-refractivity contribution in [2.24, 2.45) is 5.10 Å². The van der Waals surface area contributed by atoms with Crippen LogP contribution in [0.5, 0.6) is 11.5 Å². The second-order valence-electron chi connectivity index (χ2n) is 6.05. The van der Waals surface area contributed by atoms with E-state index < -0.39 is 22.5 Å². The molecule has 1 N–H and O–H groups in total. The Morgan fingerprint density at radius 1 is 1.14 bits per heavy atom. The Morgan fingerprint density at radius 2 is 1.79 bits per heavy atom. The minimum Gasteiger partial charge on any atom is -0.497 e. The first kappa shape index (κ1) is 22.5. The molecule has 0 aliphatic carbocycles. The highest BCUT2D eigenvalue weighted by molar-refractivity contribution is 7.92. The highest BCUT2D eigenvalue weighted by Crippen LogP contribution is 2.33. The van der Waals surface area contributed by atoms with Gasteiger partial charge in [0.05, 0.1) is 31.9 Å². The van der Waals surface area contributed by atoms with Crippen LogP contribution in [0, 0.1) is 0 Å². The normalized spacial score (nSPS) is 11.7. The highest BCUT2D eigenvalue weighted by atomic mass is 35.5. The van der Waals surface area contributed by atoms with Gasteiger partial charge in [-0.25, -0.2) is 13.8 Å². The third-order valence-corrected chi connectivity index (χ3v) is 5.33. The number of methoxy groups -OCH3 is 2. The average Bonchev–Trinajstić information content (AvgIpc) is 2.69. The third-order valence-electron chi connectivity index (χ3n) is 3.95. The molecule has 0 radical (unpaired) electrons. The SMILES string of the molecule is COc1ccc(N(CC(=O)N/N=C(/C)c2ccc(Cl)cc2)S(C)(=O)=O)c(OC)c1. The second kappa shape index (κ2) is 9.62. The molecular weight excluding hydrogens is 418 g/mol. The molecule has 0 fully saturated rings. The Morgan fingerprint density at radius 3 is 2.34 bits per heavy atom. The van der Waals surface area contributed by atoms with E-state index in [0.717, 1.165) is 16.1 Å². The van der Waals surface area contributed by atoms with Crippen LogP contribution in [0.4, 0.5) is 5.69 Å². The van der Waals surface area contributed by atoms with Crippen molar-refractivity contribution in [2.75, 3.05) is 31.3 Å². The Bertz CT molecular complexity index is 1010. The summed E-state index contributed by atoms with van der Waals surface area (Å²) in [4.78, 5) is 12.4. The summed E-state index contributed by atoms with van der Waals surface area (Å²) in [5.41, 5.74) is 3.90. The molecule has 29 heavy (non-hydrogen) atoms. The lowest BCUT2D eigenvalue weighted by Crippen LogP contribution is -2.39. The molecule has 0 bridgehead atoms. The number of rotatable bonds is 8. The maximum Gasteiger partial charge on any atom is 0.260 e. The number of nitrogens with zero attached hydrogens (tertiary/aromatic N) is 2. The van der Waals surface area contributed by atoms with Gasteiger partial charge in [0.15, 0.2) is 0 Å². The fourth-order valence-corrected chi connectivity index (χ4v) is 3.43. The Kier molecular flexibility index (Phi) is 7.46. The predicted octanol–water partition coefficient (Wildman–Crippen LogP) is 2.66. The molecule has 1 amide bonds. The molecule has 0 aliphatic heterocycles. The maximum absolute atomic E-state index is 12.4. The number of hydrazone groups is 1. The van der Waals surface area contributed by atoms with Crippen molar-refractivity contribution in [3.05, 3.63) is 53.1 Å². The number of sulfonamides is 1. The molecule has 0 heterocycles. The molecule has 10 heteroatoms. The second-order valence-corrected chi connectivity index (χ2v) is 8.39. The predicted molar refractivity (Wildman–Crippen MR) is 114 cm³/mol. The smallest absolute Gasteiger partial charge is 0.260 e. The molecule has 156 valence electrons. The van der Waals surface area contributed by atoms with Crippen LogP contribution < -0.4 is 19.2 Å². The van der Waals surface area contributed by atoms with Crippen LogP contribution in [0.15, 0.2) is 47.6 Å². The molecule has 0 saturated carbocycles. The lowest BCUT2D eigenvalue weighted by molar-refractivity contribution is -0.119. The van der Waals surface area contributed by atoms with Gasteiger partial charge in [-0.2, -0.15) is 5.10 Å². The summed E-state index contributed by atoms with van der Waals surface area (Å²) in [6.07, 6.45) is 1.01. The summed E-state index contributed by atoms with van der Waals surface area (Å²) in [5, 5.41) is 4.61. The number of hydrogen-bond donors (Lipinski definition) is 1. The summed E-state index contributed by atoms with van der Waals surface area (Å²) < 4.78 is 35.9. The standard InChI is InChI=1S/C19H22ClN3O5S/c1-13(14-5-7-15(20)8-6-14)21-22-19(24)12-23(29(4,25)26)17-10-9-16(27-2)11-18(17)28-3/h5-11H,12H2,1-4H3,(H,22,24)/b21-13-. The number of halogens is 1. The van der Waals surface area contributed by atoms with E-state index in [2.05, 4.69) is 10.5 Å². The fraction of sp³-hybridized carbons (Fsp3) is 0.263. The minimum atomic E-state index is -3.77. The zero-order valence-electron chi connectivity index (χ0n) is 16.5. The quantitative estimate of drug-likeness (QED) is 0.503. The van der Waals surface area contributed by atoms with Gasteiger partial charge in [-0.1, -0.05) is 23.7 Å². The van der Waals surface area contributed by atoms with Gasteiger partial charge in [0, 0.05) is 11.1 Å².